The zero-order chi connectivity index (χ0) is 27.3. The van der Waals surface area contributed by atoms with E-state index in [1.807, 2.05) is 64.1 Å². The Morgan fingerprint density at radius 2 is 1.39 bits per heavy atom. The molecule has 3 saturated heterocycles. The van der Waals surface area contributed by atoms with Gasteiger partial charge >= 0.3 is 14.7 Å². The molecule has 2 aromatic carbocycles. The van der Waals surface area contributed by atoms with Gasteiger partial charge in [-0.3, -0.25) is 0 Å². The molecule has 0 amide bonds. The predicted octanol–water partition coefficient (Wildman–Crippen LogP) is 3.50. The zero-order valence-electron chi connectivity index (χ0n) is 23.2. The van der Waals surface area contributed by atoms with Crippen LogP contribution in [0, 0.1) is 5.21 Å². The number of nitrogens with zero attached hydrogens (tertiary/aromatic N) is 1. The van der Waals surface area contributed by atoms with Crippen molar-refractivity contribution in [1.82, 2.24) is 0 Å². The molecule has 5 atom stereocenters. The largest absolute Gasteiger partial charge is 0.620 e. The second kappa shape index (κ2) is 9.73. The average Bonchev–Trinajstić information content (AvgIpc) is 3.49. The molecule has 3 aliphatic rings. The van der Waals surface area contributed by atoms with E-state index < -0.39 is 44.4 Å². The summed E-state index contributed by atoms with van der Waals surface area (Å²) in [5.74, 6) is -1.59. The fourth-order valence-corrected chi connectivity index (χ4v) is 10.1. The van der Waals surface area contributed by atoms with E-state index in [4.69, 9.17) is 28.1 Å². The third-order valence-corrected chi connectivity index (χ3v) is 12.3. The van der Waals surface area contributed by atoms with Crippen LogP contribution in [0.25, 0.3) is 0 Å². The van der Waals surface area contributed by atoms with Gasteiger partial charge in [-0.2, -0.15) is 0 Å². The Morgan fingerprint density at radius 3 is 1.89 bits per heavy atom. The predicted molar refractivity (Wildman–Crippen MR) is 146 cm³/mol. The van der Waals surface area contributed by atoms with E-state index in [9.17, 15) is 5.21 Å². The van der Waals surface area contributed by atoms with Crippen LogP contribution in [0.2, 0.25) is 5.04 Å². The first-order valence-corrected chi connectivity index (χ1v) is 15.1. The monoisotopic (exact) mass is 541 g/mol. The van der Waals surface area contributed by atoms with Gasteiger partial charge in [0, 0.05) is 0 Å². The van der Waals surface area contributed by atoms with Crippen molar-refractivity contribution >= 4 is 25.1 Å². The molecule has 0 aliphatic carbocycles. The molecule has 3 aliphatic heterocycles. The first-order valence-electron chi connectivity index (χ1n) is 13.2. The lowest BCUT2D eigenvalue weighted by atomic mass is 10.1. The lowest BCUT2D eigenvalue weighted by Gasteiger charge is -2.41. The molecule has 0 unspecified atom stereocenters. The van der Waals surface area contributed by atoms with E-state index in [1.54, 1.807) is 0 Å². The molecule has 0 saturated carbocycles. The summed E-state index contributed by atoms with van der Waals surface area (Å²) in [5, 5.41) is 15.6. The van der Waals surface area contributed by atoms with Crippen molar-refractivity contribution in [2.75, 3.05) is 6.61 Å². The van der Waals surface area contributed by atoms with Crippen molar-refractivity contribution in [3.63, 3.8) is 0 Å². The van der Waals surface area contributed by atoms with Gasteiger partial charge in [0.15, 0.2) is 17.7 Å². The molecule has 9 heteroatoms. The molecule has 0 N–H and O–H groups in total. The fourth-order valence-electron chi connectivity index (χ4n) is 5.87. The smallest absolute Gasteiger partial charge is 0.326 e. The number of fused-ring (bicyclic) bond motifs is 1. The van der Waals surface area contributed by atoms with E-state index in [2.05, 4.69) is 45.0 Å². The molecule has 3 heterocycles. The Balaban J connectivity index is 1.49. The Hall–Kier alpha value is -2.27. The normalized spacial score (nSPS) is 30.8. The van der Waals surface area contributed by atoms with Gasteiger partial charge in [0.05, 0.1) is 6.61 Å². The summed E-state index contributed by atoms with van der Waals surface area (Å²) in [7, 11) is -2.96. The third kappa shape index (κ3) is 4.92. The van der Waals surface area contributed by atoms with Crippen LogP contribution in [-0.4, -0.2) is 68.3 Å². The van der Waals surface area contributed by atoms with Crippen LogP contribution in [0.5, 0.6) is 0 Å². The van der Waals surface area contributed by atoms with Crippen molar-refractivity contribution in [2.24, 2.45) is 0 Å². The summed E-state index contributed by atoms with van der Waals surface area (Å²) in [6.07, 6.45) is -1.67. The second-order valence-electron chi connectivity index (χ2n) is 12.2. The maximum Gasteiger partial charge on any atom is 0.326 e. The van der Waals surface area contributed by atoms with Crippen molar-refractivity contribution in [2.45, 2.75) is 95.7 Å². The molecule has 0 radical (unpaired) electrons. The Bertz CT molecular complexity index is 1110. The molecule has 0 spiro atoms. The lowest BCUT2D eigenvalue weighted by Crippen LogP contribution is -2.66. The zero-order valence-corrected chi connectivity index (χ0v) is 24.2. The van der Waals surface area contributed by atoms with Gasteiger partial charge in [0.2, 0.25) is 0 Å². The third-order valence-electron chi connectivity index (χ3n) is 7.46. The summed E-state index contributed by atoms with van der Waals surface area (Å²) in [4.78, 5) is 0. The van der Waals surface area contributed by atoms with E-state index >= 15 is 0 Å². The van der Waals surface area contributed by atoms with Gasteiger partial charge in [0.1, 0.15) is 18.3 Å². The number of benzene rings is 2. The molecule has 38 heavy (non-hydrogen) atoms. The van der Waals surface area contributed by atoms with Gasteiger partial charge < -0.3 is 33.3 Å². The maximum atomic E-state index is 13.7. The molecular formula is C29H39NO7Si. The molecule has 206 valence electrons. The van der Waals surface area contributed by atoms with Crippen LogP contribution in [0.1, 0.15) is 48.5 Å². The van der Waals surface area contributed by atoms with Gasteiger partial charge in [0.25, 0.3) is 6.23 Å². The first kappa shape index (κ1) is 27.3. The van der Waals surface area contributed by atoms with Gasteiger partial charge in [-0.25, -0.2) is 0 Å². The number of hydrogen-bond donors (Lipinski definition) is 0. The molecule has 2 aromatic rings. The van der Waals surface area contributed by atoms with E-state index in [0.717, 1.165) is 15.1 Å². The standard InChI is InChI=1S/C29H39NO7Si/c1-27(2,3)38(20-14-10-8-11-15-20,21-16-12-9-13-17-21)33-19-30(31)26-25-24(36-29(6,7)37-25)23(34-26)22-18-32-28(4,5)35-22/h8-17,19,22-26H,18H2,1-7H3/b30-19-/t22-,23+,24-,25-,26-/m0/s1. The number of hydrogen-bond acceptors (Lipinski definition) is 7. The Labute approximate surface area is 226 Å². The van der Waals surface area contributed by atoms with E-state index in [1.165, 1.54) is 6.40 Å². The van der Waals surface area contributed by atoms with Crippen LogP contribution < -0.4 is 10.4 Å². The molecule has 0 aromatic heterocycles. The molecule has 5 rings (SSSR count). The van der Waals surface area contributed by atoms with Crippen LogP contribution in [-0.2, 0) is 28.1 Å². The molecular weight excluding hydrogens is 502 g/mol. The van der Waals surface area contributed by atoms with Gasteiger partial charge in [-0.15, -0.1) is 4.74 Å². The maximum absolute atomic E-state index is 13.7. The SMILES string of the molecule is CC1(C)O[C@H]2[C@@H]([C@@H]3COC(C)(C)O3)O[C@H](/[N+]([O-])=C/O[Si](c3ccccc3)(c3ccccc3)C(C)(C)C)[C@H]2O1. The average molecular weight is 542 g/mol. The minimum Gasteiger partial charge on any atom is -0.620 e. The number of rotatable bonds is 6. The summed E-state index contributed by atoms with van der Waals surface area (Å²) in [5.41, 5.74) is 0. The summed E-state index contributed by atoms with van der Waals surface area (Å²) in [6, 6.07) is 20.4. The van der Waals surface area contributed by atoms with E-state index in [0.29, 0.717) is 6.61 Å². The van der Waals surface area contributed by atoms with E-state index in [-0.39, 0.29) is 11.1 Å². The number of hydroxylamine groups is 1. The Kier molecular flexibility index (Phi) is 6.99. The van der Waals surface area contributed by atoms with Gasteiger partial charge in [-0.05, 0) is 43.1 Å². The van der Waals surface area contributed by atoms with Crippen molar-refractivity contribution in [3.05, 3.63) is 65.9 Å². The molecule has 8 nitrogen and oxygen atoms in total. The minimum atomic E-state index is -2.96. The Morgan fingerprint density at radius 1 is 0.842 bits per heavy atom. The van der Waals surface area contributed by atoms with Gasteiger partial charge in [-0.1, -0.05) is 81.4 Å². The highest BCUT2D eigenvalue weighted by molar-refractivity contribution is 7.00. The highest BCUT2D eigenvalue weighted by Gasteiger charge is 2.62. The quantitative estimate of drug-likeness (QED) is 0.138. The highest BCUT2D eigenvalue weighted by atomic mass is 28.4. The van der Waals surface area contributed by atoms with Crippen LogP contribution in [0.15, 0.2) is 60.7 Å². The van der Waals surface area contributed by atoms with Crippen molar-refractivity contribution in [3.8, 4) is 0 Å². The van der Waals surface area contributed by atoms with Crippen molar-refractivity contribution in [1.29, 1.82) is 0 Å². The van der Waals surface area contributed by atoms with Crippen molar-refractivity contribution < 1.29 is 32.8 Å². The number of ether oxygens (including phenoxy) is 5. The summed E-state index contributed by atoms with van der Waals surface area (Å²) >= 11 is 0. The van der Waals surface area contributed by atoms with Crippen LogP contribution >= 0.6 is 0 Å². The highest BCUT2D eigenvalue weighted by Crippen LogP contribution is 2.42. The minimum absolute atomic E-state index is 0.287. The fraction of sp³-hybridized carbons (Fsp3) is 0.552. The first-order chi connectivity index (χ1) is 17.8. The van der Waals surface area contributed by atoms with Crippen LogP contribution in [0.4, 0.5) is 0 Å². The molecule has 0 bridgehead atoms. The van der Waals surface area contributed by atoms with Crippen LogP contribution in [0.3, 0.4) is 0 Å². The lowest BCUT2D eigenvalue weighted by molar-refractivity contribution is -0.567. The summed E-state index contributed by atoms with van der Waals surface area (Å²) < 4.78 is 38.0. The summed E-state index contributed by atoms with van der Waals surface area (Å²) in [6.45, 7) is 14.2. The topological polar surface area (TPSA) is 81.5 Å². The second-order valence-corrected chi connectivity index (χ2v) is 16.4. The molecule has 3 fully saturated rings.